The Bertz CT molecular complexity index is 1160. The molecule has 1 aliphatic carbocycles. The monoisotopic (exact) mass is 676 g/mol. The zero-order valence-electron chi connectivity index (χ0n) is 26.7. The average molecular weight is 677 g/mol. The number of rotatable bonds is 14. The number of allylic oxidation sites excluding steroid dienone is 1. The molecule has 13 atom stereocenters. The quantitative estimate of drug-likeness (QED) is 0.0783. The number of aliphatic hydroxyl groups is 7. The first-order chi connectivity index (χ1) is 22.1. The van der Waals surface area contributed by atoms with Crippen LogP contribution in [0.25, 0.3) is 0 Å². The molecule has 0 amide bonds. The van der Waals surface area contributed by atoms with Gasteiger partial charge in [0.15, 0.2) is 18.2 Å². The van der Waals surface area contributed by atoms with Crippen LogP contribution in [0.5, 0.6) is 0 Å². The molecule has 0 aromatic carbocycles. The maximum Gasteiger partial charge on any atom is 0.334 e. The molecule has 3 aliphatic heterocycles. The van der Waals surface area contributed by atoms with E-state index in [1.807, 2.05) is 6.92 Å². The predicted octanol–water partition coefficient (Wildman–Crippen LogP) is -1.33. The summed E-state index contributed by atoms with van der Waals surface area (Å²) in [5.74, 6) is -3.19. The predicted molar refractivity (Wildman–Crippen MR) is 157 cm³/mol. The lowest BCUT2D eigenvalue weighted by Crippen LogP contribution is -2.62. The second-order valence-corrected chi connectivity index (χ2v) is 13.2. The lowest BCUT2D eigenvalue weighted by atomic mass is 9.81. The molecule has 3 fully saturated rings. The maximum absolute atomic E-state index is 12.5. The van der Waals surface area contributed by atoms with Crippen LogP contribution in [0.4, 0.5) is 0 Å². The first kappa shape index (κ1) is 37.6. The van der Waals surface area contributed by atoms with Gasteiger partial charge in [-0.25, -0.2) is 9.59 Å². The molecule has 268 valence electrons. The van der Waals surface area contributed by atoms with Crippen molar-refractivity contribution in [2.75, 3.05) is 26.4 Å². The molecule has 0 radical (unpaired) electrons. The van der Waals surface area contributed by atoms with Gasteiger partial charge in [-0.3, -0.25) is 0 Å². The summed E-state index contributed by atoms with van der Waals surface area (Å²) >= 11 is 0. The number of ether oxygens (including phenoxy) is 6. The van der Waals surface area contributed by atoms with E-state index in [4.69, 9.17) is 33.5 Å². The third-order valence-electron chi connectivity index (χ3n) is 9.58. The van der Waals surface area contributed by atoms with Gasteiger partial charge in [0.2, 0.25) is 6.29 Å². The number of aliphatic hydroxyl groups excluding tert-OH is 5. The number of carbonyl (C=O) groups excluding carboxylic acids is 1. The van der Waals surface area contributed by atoms with Crippen molar-refractivity contribution in [3.05, 3.63) is 23.5 Å². The van der Waals surface area contributed by atoms with Gasteiger partial charge in [-0.15, -0.1) is 0 Å². The largest absolute Gasteiger partial charge is 0.478 e. The first-order valence-electron chi connectivity index (χ1n) is 15.8. The molecule has 16 nitrogen and oxygen atoms in total. The van der Waals surface area contributed by atoms with Gasteiger partial charge in [-0.05, 0) is 51.9 Å². The summed E-state index contributed by atoms with van der Waals surface area (Å²) < 4.78 is 33.8. The third kappa shape index (κ3) is 8.33. The molecular weight excluding hydrogens is 628 g/mol. The van der Waals surface area contributed by atoms with E-state index in [0.29, 0.717) is 24.8 Å². The Morgan fingerprint density at radius 1 is 1.09 bits per heavy atom. The van der Waals surface area contributed by atoms with E-state index in [9.17, 15) is 45.3 Å². The fraction of sp³-hybridized carbons (Fsp3) is 0.806. The highest BCUT2D eigenvalue weighted by Crippen LogP contribution is 2.49. The van der Waals surface area contributed by atoms with Gasteiger partial charge in [0.1, 0.15) is 37.1 Å². The van der Waals surface area contributed by atoms with Crippen LogP contribution in [-0.2, 0) is 38.0 Å². The fourth-order valence-electron chi connectivity index (χ4n) is 6.53. The Kier molecular flexibility index (Phi) is 12.4. The van der Waals surface area contributed by atoms with Crippen LogP contribution >= 0.6 is 0 Å². The van der Waals surface area contributed by atoms with Gasteiger partial charge in [0.05, 0.1) is 36.6 Å². The van der Waals surface area contributed by atoms with E-state index in [1.54, 1.807) is 13.0 Å². The molecule has 47 heavy (non-hydrogen) atoms. The molecule has 16 heteroatoms. The van der Waals surface area contributed by atoms with Crippen molar-refractivity contribution < 1.29 is 78.9 Å². The summed E-state index contributed by atoms with van der Waals surface area (Å²) in [7, 11) is 0. The van der Waals surface area contributed by atoms with Gasteiger partial charge in [0, 0.05) is 18.1 Å². The Labute approximate surface area is 272 Å². The standard InChI is InChI=1S/C31H48O16/c1-15(8-10-32)5-4-6-16(2)26(39)43-13-31(41)14-44-29(24(31)36)46-23-22(35)21(34)19(11-33)45-28(23)47-27-20-17(7-9-30(20,3)40)18(12-42-27)25(37)38/h6,12,15,17,19-24,27-29,32-36,40-41H,4-5,7-11,13-14H2,1-3H3,(H,37,38)/b16-6+/t15?,17?,19?,20?,21?,22?,23?,24?,27-,28?,29?,30-,31?/m0/s1. The van der Waals surface area contributed by atoms with Crippen LogP contribution in [0, 0.1) is 17.8 Å². The Hall–Kier alpha value is -2.22. The molecule has 0 aromatic heterocycles. The number of aliphatic carboxylic acids is 1. The van der Waals surface area contributed by atoms with E-state index in [0.717, 1.165) is 12.7 Å². The summed E-state index contributed by atoms with van der Waals surface area (Å²) in [6, 6.07) is 0. The van der Waals surface area contributed by atoms with Crippen molar-refractivity contribution in [2.45, 2.75) is 113 Å². The van der Waals surface area contributed by atoms with Crippen LogP contribution in [0.1, 0.15) is 52.9 Å². The van der Waals surface area contributed by atoms with Crippen molar-refractivity contribution in [1.29, 1.82) is 0 Å². The van der Waals surface area contributed by atoms with Gasteiger partial charge in [-0.2, -0.15) is 0 Å². The van der Waals surface area contributed by atoms with Crippen LogP contribution in [0.3, 0.4) is 0 Å². The van der Waals surface area contributed by atoms with E-state index < -0.39 is 104 Å². The third-order valence-corrected chi connectivity index (χ3v) is 9.58. The molecule has 0 bridgehead atoms. The molecule has 0 aromatic rings. The molecular formula is C31H48O16. The minimum Gasteiger partial charge on any atom is -0.478 e. The number of carbonyl (C=O) groups is 2. The highest BCUT2D eigenvalue weighted by atomic mass is 16.8. The van der Waals surface area contributed by atoms with Crippen molar-refractivity contribution in [3.8, 4) is 0 Å². The molecule has 3 heterocycles. The second-order valence-electron chi connectivity index (χ2n) is 13.2. The van der Waals surface area contributed by atoms with Gasteiger partial charge < -0.3 is 69.3 Å². The molecule has 4 rings (SSSR count). The summed E-state index contributed by atoms with van der Waals surface area (Å²) in [6.07, 6.45) is -7.54. The number of carboxylic acid groups (broad SMARTS) is 1. The van der Waals surface area contributed by atoms with Crippen molar-refractivity contribution in [2.24, 2.45) is 17.8 Å². The van der Waals surface area contributed by atoms with Crippen molar-refractivity contribution in [1.82, 2.24) is 0 Å². The Morgan fingerprint density at radius 3 is 2.47 bits per heavy atom. The van der Waals surface area contributed by atoms with E-state index in [-0.39, 0.29) is 24.5 Å². The SMILES string of the molecule is C/C(=C\CCC(C)CCO)C(=O)OCC1(O)COC(OC2C(O[C@@H]3OC=C(C(=O)O)C4CC[C@](C)(O)C43)OC(CO)C(O)C2O)C1O. The normalized spacial score (nSPS) is 41.1. The summed E-state index contributed by atoms with van der Waals surface area (Å²) in [5.41, 5.74) is -3.28. The zero-order chi connectivity index (χ0) is 34.7. The highest BCUT2D eigenvalue weighted by Gasteiger charge is 2.58. The molecule has 2 saturated heterocycles. The van der Waals surface area contributed by atoms with Gasteiger partial charge in [-0.1, -0.05) is 13.0 Å². The smallest absolute Gasteiger partial charge is 0.334 e. The minimum absolute atomic E-state index is 0.0468. The minimum atomic E-state index is -2.11. The van der Waals surface area contributed by atoms with Gasteiger partial charge in [0.25, 0.3) is 0 Å². The summed E-state index contributed by atoms with van der Waals surface area (Å²) in [6.45, 7) is 3.20. The Balaban J connectivity index is 1.43. The lowest BCUT2D eigenvalue weighted by Gasteiger charge is -2.45. The number of esters is 1. The molecule has 0 spiro atoms. The summed E-state index contributed by atoms with van der Waals surface area (Å²) in [4.78, 5) is 24.3. The zero-order valence-corrected chi connectivity index (χ0v) is 26.7. The average Bonchev–Trinajstić information content (AvgIpc) is 3.50. The molecule has 8 N–H and O–H groups in total. The Morgan fingerprint density at radius 2 is 1.81 bits per heavy atom. The van der Waals surface area contributed by atoms with Gasteiger partial charge >= 0.3 is 11.9 Å². The van der Waals surface area contributed by atoms with E-state index in [2.05, 4.69) is 0 Å². The number of hydrogen-bond donors (Lipinski definition) is 8. The molecule has 4 aliphatic rings. The van der Waals surface area contributed by atoms with E-state index >= 15 is 0 Å². The summed E-state index contributed by atoms with van der Waals surface area (Å²) in [5, 5.41) is 83.1. The first-order valence-corrected chi connectivity index (χ1v) is 15.8. The molecule has 1 saturated carbocycles. The number of fused-ring (bicyclic) bond motifs is 1. The number of carboxylic acids is 1. The van der Waals surface area contributed by atoms with Crippen LogP contribution in [0.2, 0.25) is 0 Å². The van der Waals surface area contributed by atoms with Crippen LogP contribution < -0.4 is 0 Å². The molecule has 11 unspecified atom stereocenters. The van der Waals surface area contributed by atoms with E-state index in [1.165, 1.54) is 6.92 Å². The topological polar surface area (TPSA) is 251 Å². The van der Waals surface area contributed by atoms with Crippen LogP contribution in [0.15, 0.2) is 23.5 Å². The maximum atomic E-state index is 12.5. The van der Waals surface area contributed by atoms with Crippen molar-refractivity contribution in [3.63, 3.8) is 0 Å². The lowest BCUT2D eigenvalue weighted by molar-refractivity contribution is -0.368. The van der Waals surface area contributed by atoms with Crippen LogP contribution in [-0.4, -0.2) is 140 Å². The fourth-order valence-corrected chi connectivity index (χ4v) is 6.53. The highest BCUT2D eigenvalue weighted by molar-refractivity contribution is 5.88. The second kappa shape index (κ2) is 15.6. The number of hydrogen-bond acceptors (Lipinski definition) is 15. The van der Waals surface area contributed by atoms with Crippen molar-refractivity contribution >= 4 is 11.9 Å².